The van der Waals surface area contributed by atoms with Crippen LogP contribution in [-0.2, 0) is 21.2 Å². The van der Waals surface area contributed by atoms with Gasteiger partial charge in [0.2, 0.25) is 15.9 Å². The van der Waals surface area contributed by atoms with Crippen LogP contribution in [0.25, 0.3) is 0 Å². The van der Waals surface area contributed by atoms with Crippen LogP contribution in [0.5, 0.6) is 0 Å². The number of carbonyl (C=O) groups excluding carboxylic acids is 1. The standard InChI is InChI=1S/C24H41N3O3S/c1-7-8-9-10-11-12-13-15-24(4,5)23(28)26-20-17(2)19-14-16-25-22(19)21(18(20)3)27-31(6,29)30/h25,27H,7-16H2,1-6H3,(H,26,28). The van der Waals surface area contributed by atoms with Gasteiger partial charge >= 0.3 is 0 Å². The third-order valence-corrected chi connectivity index (χ3v) is 6.93. The Kier molecular flexibility index (Phi) is 8.81. The van der Waals surface area contributed by atoms with Gasteiger partial charge in [-0.25, -0.2) is 8.42 Å². The number of anilines is 3. The van der Waals surface area contributed by atoms with Gasteiger partial charge in [0.05, 0.1) is 17.6 Å². The molecule has 0 saturated carbocycles. The highest BCUT2D eigenvalue weighted by Crippen LogP contribution is 2.42. The van der Waals surface area contributed by atoms with Crippen molar-refractivity contribution in [1.82, 2.24) is 0 Å². The van der Waals surface area contributed by atoms with Gasteiger partial charge in [-0.2, -0.15) is 0 Å². The lowest BCUT2D eigenvalue weighted by Crippen LogP contribution is -2.31. The topological polar surface area (TPSA) is 87.3 Å². The van der Waals surface area contributed by atoms with Crippen molar-refractivity contribution >= 4 is 33.0 Å². The Morgan fingerprint density at radius 2 is 1.61 bits per heavy atom. The average molecular weight is 452 g/mol. The van der Waals surface area contributed by atoms with Crippen LogP contribution < -0.4 is 15.4 Å². The second-order valence-corrected chi connectivity index (χ2v) is 11.4. The highest BCUT2D eigenvalue weighted by Gasteiger charge is 2.30. The molecule has 2 rings (SSSR count). The zero-order valence-electron chi connectivity index (χ0n) is 20.2. The molecule has 31 heavy (non-hydrogen) atoms. The molecule has 0 atom stereocenters. The van der Waals surface area contributed by atoms with Crippen molar-refractivity contribution in [2.24, 2.45) is 5.41 Å². The number of carbonyl (C=O) groups is 1. The van der Waals surface area contributed by atoms with Crippen LogP contribution in [0.2, 0.25) is 0 Å². The summed E-state index contributed by atoms with van der Waals surface area (Å²) in [4.78, 5) is 13.2. The number of nitrogens with one attached hydrogen (secondary N) is 3. The molecule has 0 fully saturated rings. The molecule has 176 valence electrons. The Labute approximate surface area is 189 Å². The van der Waals surface area contributed by atoms with E-state index in [1.807, 2.05) is 27.7 Å². The highest BCUT2D eigenvalue weighted by molar-refractivity contribution is 7.92. The second-order valence-electron chi connectivity index (χ2n) is 9.61. The SMILES string of the molecule is CCCCCCCCCC(C)(C)C(=O)Nc1c(C)c2c(c(NS(C)(=O)=O)c1C)NCC2. The molecule has 0 unspecified atom stereocenters. The van der Waals surface area contributed by atoms with Crippen LogP contribution in [0.1, 0.15) is 88.8 Å². The van der Waals surface area contributed by atoms with E-state index in [1.54, 1.807) is 0 Å². The van der Waals surface area contributed by atoms with Gasteiger partial charge in [0.1, 0.15) is 0 Å². The van der Waals surface area contributed by atoms with Crippen molar-refractivity contribution in [2.45, 2.75) is 92.4 Å². The van der Waals surface area contributed by atoms with Crippen molar-refractivity contribution in [1.29, 1.82) is 0 Å². The summed E-state index contributed by atoms with van der Waals surface area (Å²) < 4.78 is 26.5. The first kappa shape index (κ1) is 25.5. The van der Waals surface area contributed by atoms with E-state index in [0.717, 1.165) is 66.5 Å². The zero-order chi connectivity index (χ0) is 23.2. The Morgan fingerprint density at radius 3 is 2.23 bits per heavy atom. The maximum atomic E-state index is 13.2. The molecule has 0 bridgehead atoms. The smallest absolute Gasteiger partial charge is 0.230 e. The van der Waals surface area contributed by atoms with Gasteiger partial charge in [-0.1, -0.05) is 65.7 Å². The molecule has 0 aromatic heterocycles. The maximum Gasteiger partial charge on any atom is 0.230 e. The quantitative estimate of drug-likeness (QED) is 0.353. The number of rotatable bonds is 12. The highest BCUT2D eigenvalue weighted by atomic mass is 32.2. The molecule has 1 amide bonds. The molecule has 1 aromatic rings. The predicted octanol–water partition coefficient (Wildman–Crippen LogP) is 5.75. The zero-order valence-corrected chi connectivity index (χ0v) is 21.0. The summed E-state index contributed by atoms with van der Waals surface area (Å²) in [5.41, 5.74) is 4.45. The maximum absolute atomic E-state index is 13.2. The van der Waals surface area contributed by atoms with E-state index in [1.165, 1.54) is 32.1 Å². The van der Waals surface area contributed by atoms with Crippen LogP contribution in [0.4, 0.5) is 17.1 Å². The van der Waals surface area contributed by atoms with Gasteiger partial charge in [-0.05, 0) is 43.4 Å². The number of unbranched alkanes of at least 4 members (excludes halogenated alkanes) is 6. The lowest BCUT2D eigenvalue weighted by Gasteiger charge is -2.26. The summed E-state index contributed by atoms with van der Waals surface area (Å²) in [6.07, 6.45) is 11.4. The Morgan fingerprint density at radius 1 is 1.00 bits per heavy atom. The fraction of sp³-hybridized carbons (Fsp3) is 0.708. The number of amides is 1. The fourth-order valence-electron chi connectivity index (χ4n) is 4.32. The van der Waals surface area contributed by atoms with E-state index >= 15 is 0 Å². The lowest BCUT2D eigenvalue weighted by molar-refractivity contribution is -0.124. The van der Waals surface area contributed by atoms with Gasteiger partial charge in [0.15, 0.2) is 0 Å². The van der Waals surface area contributed by atoms with Crippen molar-refractivity contribution in [3.63, 3.8) is 0 Å². The third kappa shape index (κ3) is 6.86. The second kappa shape index (κ2) is 10.7. The third-order valence-electron chi connectivity index (χ3n) is 6.35. The number of fused-ring (bicyclic) bond motifs is 1. The van der Waals surface area contributed by atoms with Gasteiger partial charge in [0.25, 0.3) is 0 Å². The minimum absolute atomic E-state index is 0.0131. The van der Waals surface area contributed by atoms with Gasteiger partial charge in [-0.15, -0.1) is 0 Å². The summed E-state index contributed by atoms with van der Waals surface area (Å²) in [5.74, 6) is -0.0131. The molecule has 0 aliphatic carbocycles. The normalized spacial score (nSPS) is 13.6. The number of benzene rings is 1. The number of sulfonamides is 1. The summed E-state index contributed by atoms with van der Waals surface area (Å²) in [7, 11) is -3.43. The molecule has 0 saturated heterocycles. The Hall–Kier alpha value is -1.76. The number of hydrogen-bond acceptors (Lipinski definition) is 4. The summed E-state index contributed by atoms with van der Waals surface area (Å²) in [5, 5.41) is 6.44. The van der Waals surface area contributed by atoms with Gasteiger partial charge in [0, 0.05) is 17.6 Å². The van der Waals surface area contributed by atoms with Gasteiger partial charge in [-0.3, -0.25) is 9.52 Å². The van der Waals surface area contributed by atoms with Crippen molar-refractivity contribution in [3.8, 4) is 0 Å². The first-order chi connectivity index (χ1) is 14.5. The Balaban J connectivity index is 2.12. The van der Waals surface area contributed by atoms with E-state index in [0.29, 0.717) is 5.69 Å². The first-order valence-electron chi connectivity index (χ1n) is 11.7. The molecule has 0 radical (unpaired) electrons. The molecule has 3 N–H and O–H groups in total. The van der Waals surface area contributed by atoms with Crippen molar-refractivity contribution < 1.29 is 13.2 Å². The van der Waals surface area contributed by atoms with Crippen LogP contribution >= 0.6 is 0 Å². The summed E-state index contributed by atoms with van der Waals surface area (Å²) in [6.45, 7) is 10.8. The first-order valence-corrected chi connectivity index (χ1v) is 13.6. The van der Waals surface area contributed by atoms with E-state index < -0.39 is 15.4 Å². The molecule has 1 aliphatic rings. The monoisotopic (exact) mass is 451 g/mol. The predicted molar refractivity (Wildman–Crippen MR) is 132 cm³/mol. The van der Waals surface area contributed by atoms with Crippen LogP contribution in [0, 0.1) is 19.3 Å². The molecule has 0 spiro atoms. The van der Waals surface area contributed by atoms with Gasteiger partial charge < -0.3 is 10.6 Å². The van der Waals surface area contributed by atoms with Crippen molar-refractivity contribution in [2.75, 3.05) is 28.2 Å². The van der Waals surface area contributed by atoms with E-state index in [-0.39, 0.29) is 5.91 Å². The molecule has 7 heteroatoms. The molecule has 1 aromatic carbocycles. The van der Waals surface area contributed by atoms with E-state index in [2.05, 4.69) is 22.3 Å². The van der Waals surface area contributed by atoms with Crippen LogP contribution in [0.3, 0.4) is 0 Å². The molecule has 1 heterocycles. The lowest BCUT2D eigenvalue weighted by atomic mass is 9.85. The van der Waals surface area contributed by atoms with Crippen LogP contribution in [0.15, 0.2) is 0 Å². The average Bonchev–Trinajstić information content (AvgIpc) is 3.17. The Bertz CT molecular complexity index is 892. The summed E-state index contributed by atoms with van der Waals surface area (Å²) >= 11 is 0. The van der Waals surface area contributed by atoms with Crippen LogP contribution in [-0.4, -0.2) is 27.1 Å². The van der Waals surface area contributed by atoms with E-state index in [9.17, 15) is 13.2 Å². The number of hydrogen-bond donors (Lipinski definition) is 3. The molecular formula is C24H41N3O3S. The van der Waals surface area contributed by atoms with Crippen molar-refractivity contribution in [3.05, 3.63) is 16.7 Å². The largest absolute Gasteiger partial charge is 0.383 e. The molecular weight excluding hydrogens is 410 g/mol. The summed E-state index contributed by atoms with van der Waals surface area (Å²) in [6, 6.07) is 0. The fourth-order valence-corrected chi connectivity index (χ4v) is 4.95. The molecule has 6 nitrogen and oxygen atoms in total. The minimum atomic E-state index is -3.43. The molecule has 1 aliphatic heterocycles. The van der Waals surface area contributed by atoms with E-state index in [4.69, 9.17) is 0 Å². The minimum Gasteiger partial charge on any atom is -0.383 e.